The van der Waals surface area contributed by atoms with Crippen LogP contribution in [0.2, 0.25) is 0 Å². The minimum absolute atomic E-state index is 0. The SMILES string of the molecule is Cc1ccc(C(CCN(C)C)NC(=O)c2ccc(-c3ccc4ccccc4c3)cc2)cc1.Cl. The smallest absolute Gasteiger partial charge is 0.251 e. The Labute approximate surface area is 202 Å². The van der Waals surface area contributed by atoms with E-state index in [4.69, 9.17) is 0 Å². The lowest BCUT2D eigenvalue weighted by Crippen LogP contribution is -2.31. The number of carbonyl (C=O) groups excluding carboxylic acids is 1. The largest absolute Gasteiger partial charge is 0.345 e. The molecule has 4 aromatic carbocycles. The van der Waals surface area contributed by atoms with Gasteiger partial charge < -0.3 is 10.2 Å². The van der Waals surface area contributed by atoms with Crippen LogP contribution >= 0.6 is 12.4 Å². The zero-order chi connectivity index (χ0) is 22.5. The third kappa shape index (κ3) is 6.22. The number of hydrogen-bond acceptors (Lipinski definition) is 2. The second-order valence-electron chi connectivity index (χ2n) is 8.67. The monoisotopic (exact) mass is 458 g/mol. The van der Waals surface area contributed by atoms with Crippen LogP contribution in [0, 0.1) is 6.92 Å². The van der Waals surface area contributed by atoms with Crippen molar-refractivity contribution in [2.45, 2.75) is 19.4 Å². The number of nitrogens with one attached hydrogen (secondary N) is 1. The maximum atomic E-state index is 13.0. The Morgan fingerprint density at radius 1 is 0.818 bits per heavy atom. The van der Waals surface area contributed by atoms with Crippen LogP contribution in [0.4, 0.5) is 0 Å². The Kier molecular flexibility index (Phi) is 8.26. The molecule has 1 atom stereocenters. The minimum atomic E-state index is -0.0422. The molecule has 4 aromatic rings. The van der Waals surface area contributed by atoms with E-state index >= 15 is 0 Å². The van der Waals surface area contributed by atoms with E-state index in [1.165, 1.54) is 16.3 Å². The summed E-state index contributed by atoms with van der Waals surface area (Å²) in [7, 11) is 4.11. The van der Waals surface area contributed by atoms with Crippen molar-refractivity contribution in [1.82, 2.24) is 10.2 Å². The number of fused-ring (bicyclic) bond motifs is 1. The lowest BCUT2D eigenvalue weighted by Gasteiger charge is -2.21. The zero-order valence-electron chi connectivity index (χ0n) is 19.4. The Balaban J connectivity index is 0.00000306. The summed E-state index contributed by atoms with van der Waals surface area (Å²) in [5.41, 5.74) is 5.29. The van der Waals surface area contributed by atoms with Crippen molar-refractivity contribution in [2.75, 3.05) is 20.6 Å². The Hall–Kier alpha value is -3.14. The highest BCUT2D eigenvalue weighted by Gasteiger charge is 2.16. The van der Waals surface area contributed by atoms with Crippen LogP contribution in [0.25, 0.3) is 21.9 Å². The molecular formula is C29H31ClN2O. The van der Waals surface area contributed by atoms with Crippen LogP contribution in [0.5, 0.6) is 0 Å². The fourth-order valence-electron chi connectivity index (χ4n) is 3.93. The topological polar surface area (TPSA) is 32.3 Å². The third-order valence-corrected chi connectivity index (χ3v) is 5.88. The molecule has 4 rings (SSSR count). The first-order valence-electron chi connectivity index (χ1n) is 11.1. The fraction of sp³-hybridized carbons (Fsp3) is 0.207. The molecule has 3 nitrogen and oxygen atoms in total. The van der Waals surface area contributed by atoms with Crippen LogP contribution in [0.1, 0.15) is 33.9 Å². The van der Waals surface area contributed by atoms with E-state index in [0.717, 1.165) is 29.7 Å². The van der Waals surface area contributed by atoms with Gasteiger partial charge >= 0.3 is 0 Å². The van der Waals surface area contributed by atoms with Gasteiger partial charge in [0.05, 0.1) is 6.04 Å². The van der Waals surface area contributed by atoms with Gasteiger partial charge in [0.15, 0.2) is 0 Å². The predicted molar refractivity (Wildman–Crippen MR) is 141 cm³/mol. The number of amides is 1. The fourth-order valence-corrected chi connectivity index (χ4v) is 3.93. The molecule has 0 saturated carbocycles. The number of halogens is 1. The molecule has 0 heterocycles. The van der Waals surface area contributed by atoms with Crippen molar-refractivity contribution in [3.05, 3.63) is 108 Å². The van der Waals surface area contributed by atoms with Crippen LogP contribution in [-0.2, 0) is 0 Å². The molecule has 0 aliphatic heterocycles. The second kappa shape index (κ2) is 11.1. The lowest BCUT2D eigenvalue weighted by molar-refractivity contribution is 0.0932. The summed E-state index contributed by atoms with van der Waals surface area (Å²) in [5, 5.41) is 5.69. The molecule has 33 heavy (non-hydrogen) atoms. The van der Waals surface area contributed by atoms with Gasteiger partial charge in [-0.2, -0.15) is 0 Å². The molecule has 0 aliphatic rings. The van der Waals surface area contributed by atoms with Crippen LogP contribution in [-0.4, -0.2) is 31.4 Å². The summed E-state index contributed by atoms with van der Waals surface area (Å²) < 4.78 is 0. The summed E-state index contributed by atoms with van der Waals surface area (Å²) in [6.45, 7) is 2.98. The van der Waals surface area contributed by atoms with Gasteiger partial charge in [0.25, 0.3) is 5.91 Å². The molecule has 1 unspecified atom stereocenters. The summed E-state index contributed by atoms with van der Waals surface area (Å²) in [5.74, 6) is -0.0422. The highest BCUT2D eigenvalue weighted by Crippen LogP contribution is 2.25. The van der Waals surface area contributed by atoms with E-state index in [0.29, 0.717) is 5.56 Å². The standard InChI is InChI=1S/C29H30N2O.ClH/c1-21-8-10-24(11-9-21)28(18-19-31(2)3)30-29(32)25-15-12-23(13-16-25)27-17-14-22-6-4-5-7-26(22)20-27;/h4-17,20,28H,18-19H2,1-3H3,(H,30,32);1H. The zero-order valence-corrected chi connectivity index (χ0v) is 20.2. The lowest BCUT2D eigenvalue weighted by atomic mass is 9.99. The first-order valence-corrected chi connectivity index (χ1v) is 11.1. The molecule has 1 N–H and O–H groups in total. The molecule has 0 radical (unpaired) electrons. The molecule has 0 aliphatic carbocycles. The number of carbonyl (C=O) groups is 1. The van der Waals surface area contributed by atoms with E-state index < -0.39 is 0 Å². The molecule has 0 saturated heterocycles. The Morgan fingerprint density at radius 2 is 1.45 bits per heavy atom. The molecule has 1 amide bonds. The van der Waals surface area contributed by atoms with Gasteiger partial charge in [-0.15, -0.1) is 12.4 Å². The van der Waals surface area contributed by atoms with Crippen molar-refractivity contribution in [3.63, 3.8) is 0 Å². The maximum Gasteiger partial charge on any atom is 0.251 e. The summed E-state index contributed by atoms with van der Waals surface area (Å²) >= 11 is 0. The first-order chi connectivity index (χ1) is 15.5. The van der Waals surface area contributed by atoms with Gasteiger partial charge in [-0.05, 0) is 79.6 Å². The highest BCUT2D eigenvalue weighted by atomic mass is 35.5. The van der Waals surface area contributed by atoms with E-state index in [1.807, 2.05) is 24.3 Å². The quantitative estimate of drug-likeness (QED) is 0.336. The molecule has 0 fully saturated rings. The summed E-state index contributed by atoms with van der Waals surface area (Å²) in [6, 6.07) is 31.1. The molecule has 0 spiro atoms. The Morgan fingerprint density at radius 3 is 2.12 bits per heavy atom. The van der Waals surface area contributed by atoms with Crippen LogP contribution in [0.15, 0.2) is 91.0 Å². The number of benzene rings is 4. The van der Waals surface area contributed by atoms with Crippen molar-refractivity contribution in [2.24, 2.45) is 0 Å². The summed E-state index contributed by atoms with van der Waals surface area (Å²) in [6.07, 6.45) is 0.858. The minimum Gasteiger partial charge on any atom is -0.345 e. The van der Waals surface area contributed by atoms with E-state index in [-0.39, 0.29) is 24.4 Å². The number of aryl methyl sites for hydroxylation is 1. The summed E-state index contributed by atoms with van der Waals surface area (Å²) in [4.78, 5) is 15.2. The van der Waals surface area contributed by atoms with E-state index in [9.17, 15) is 4.79 Å². The van der Waals surface area contributed by atoms with Crippen molar-refractivity contribution < 1.29 is 4.79 Å². The number of rotatable bonds is 7. The molecular weight excluding hydrogens is 428 g/mol. The molecule has 0 bridgehead atoms. The van der Waals surface area contributed by atoms with Crippen molar-refractivity contribution >= 4 is 29.1 Å². The van der Waals surface area contributed by atoms with E-state index in [2.05, 4.69) is 98.0 Å². The number of hydrogen-bond donors (Lipinski definition) is 1. The highest BCUT2D eigenvalue weighted by molar-refractivity contribution is 5.95. The van der Waals surface area contributed by atoms with Gasteiger partial charge in [-0.1, -0.05) is 78.4 Å². The van der Waals surface area contributed by atoms with Crippen LogP contribution < -0.4 is 5.32 Å². The third-order valence-electron chi connectivity index (χ3n) is 5.88. The average molecular weight is 459 g/mol. The van der Waals surface area contributed by atoms with Crippen molar-refractivity contribution in [3.8, 4) is 11.1 Å². The van der Waals surface area contributed by atoms with Gasteiger partial charge in [0.2, 0.25) is 0 Å². The second-order valence-corrected chi connectivity index (χ2v) is 8.67. The Bertz CT molecular complexity index is 1200. The van der Waals surface area contributed by atoms with Gasteiger partial charge in [-0.25, -0.2) is 0 Å². The molecule has 170 valence electrons. The normalized spacial score (nSPS) is 11.8. The van der Waals surface area contributed by atoms with Gasteiger partial charge in [0, 0.05) is 5.56 Å². The molecule has 0 aromatic heterocycles. The number of nitrogens with zero attached hydrogens (tertiary/aromatic N) is 1. The first kappa shape index (κ1) is 24.5. The van der Waals surface area contributed by atoms with Gasteiger partial charge in [0.1, 0.15) is 0 Å². The maximum absolute atomic E-state index is 13.0. The predicted octanol–water partition coefficient (Wildman–Crippen LogP) is 6.66. The average Bonchev–Trinajstić information content (AvgIpc) is 2.82. The van der Waals surface area contributed by atoms with Crippen LogP contribution in [0.3, 0.4) is 0 Å². The van der Waals surface area contributed by atoms with Gasteiger partial charge in [-0.3, -0.25) is 4.79 Å². The molecule has 4 heteroatoms. The van der Waals surface area contributed by atoms with E-state index in [1.54, 1.807) is 0 Å². The van der Waals surface area contributed by atoms with Crippen molar-refractivity contribution in [1.29, 1.82) is 0 Å².